The third-order valence-corrected chi connectivity index (χ3v) is 6.59. The number of ether oxygens (including phenoxy) is 2. The molecule has 0 amide bonds. The minimum Gasteiger partial charge on any atom is -0.497 e. The molecule has 0 saturated carbocycles. The Morgan fingerprint density at radius 2 is 1.33 bits per heavy atom. The monoisotopic (exact) mass is 389 g/mol. The molecule has 0 heterocycles. The van der Waals surface area contributed by atoms with E-state index >= 15 is 0 Å². The van der Waals surface area contributed by atoms with Crippen molar-refractivity contribution in [1.29, 1.82) is 0 Å². The van der Waals surface area contributed by atoms with Crippen molar-refractivity contribution in [3.63, 3.8) is 0 Å². The zero-order chi connectivity index (χ0) is 19.9. The maximum Gasteiger partial charge on any atom is 0.217 e. The smallest absolute Gasteiger partial charge is 0.217 e. The average molecular weight is 390 g/mol. The minimum atomic E-state index is -3.49. The second kappa shape index (κ2) is 9.58. The van der Waals surface area contributed by atoms with Crippen molar-refractivity contribution in [2.45, 2.75) is 31.7 Å². The summed E-state index contributed by atoms with van der Waals surface area (Å²) in [5, 5.41) is -0.536. The molecule has 0 unspecified atom stereocenters. The highest BCUT2D eigenvalue weighted by atomic mass is 32.2. The molecule has 0 radical (unpaired) electrons. The summed E-state index contributed by atoms with van der Waals surface area (Å²) in [5.41, 5.74) is 1.80. The number of sulfonamides is 1. The van der Waals surface area contributed by atoms with Gasteiger partial charge in [-0.25, -0.2) is 8.42 Å². The molecule has 2 aromatic carbocycles. The lowest BCUT2D eigenvalue weighted by Gasteiger charge is -2.26. The van der Waals surface area contributed by atoms with Crippen molar-refractivity contribution in [2.24, 2.45) is 0 Å². The van der Waals surface area contributed by atoms with Crippen LogP contribution in [0, 0.1) is 0 Å². The fourth-order valence-corrected chi connectivity index (χ4v) is 4.26. The Bertz CT molecular complexity index is 780. The van der Waals surface area contributed by atoms with E-state index in [4.69, 9.17) is 9.47 Å². The molecule has 27 heavy (non-hydrogen) atoms. The second-order valence-electron chi connectivity index (χ2n) is 6.34. The number of rotatable bonds is 10. The molecule has 0 aliphatic rings. The van der Waals surface area contributed by atoms with Crippen molar-refractivity contribution in [2.75, 3.05) is 14.2 Å². The molecule has 0 N–H and O–H groups in total. The van der Waals surface area contributed by atoms with E-state index in [1.165, 1.54) is 4.31 Å². The van der Waals surface area contributed by atoms with Gasteiger partial charge in [0, 0.05) is 13.1 Å². The van der Waals surface area contributed by atoms with Crippen molar-refractivity contribution < 1.29 is 17.9 Å². The first-order chi connectivity index (χ1) is 12.9. The maximum atomic E-state index is 13.1. The fourth-order valence-electron chi connectivity index (χ4n) is 2.72. The molecule has 0 aliphatic heterocycles. The molecule has 0 fully saturated rings. The van der Waals surface area contributed by atoms with Gasteiger partial charge in [-0.3, -0.25) is 0 Å². The lowest BCUT2D eigenvalue weighted by molar-refractivity contribution is 0.392. The van der Waals surface area contributed by atoms with Crippen LogP contribution in [0.4, 0.5) is 0 Å². The molecule has 0 aliphatic carbocycles. The van der Waals surface area contributed by atoms with Crippen LogP contribution in [-0.2, 0) is 23.1 Å². The highest BCUT2D eigenvalue weighted by Crippen LogP contribution is 2.22. The molecule has 0 spiro atoms. The lowest BCUT2D eigenvalue weighted by atomic mass is 10.2. The molecule has 0 saturated heterocycles. The Morgan fingerprint density at radius 1 is 0.926 bits per heavy atom. The second-order valence-corrected chi connectivity index (χ2v) is 8.70. The summed E-state index contributed by atoms with van der Waals surface area (Å²) in [5.74, 6) is 1.48. The number of methoxy groups -OCH3 is 2. The largest absolute Gasteiger partial charge is 0.497 e. The topological polar surface area (TPSA) is 55.8 Å². The van der Waals surface area contributed by atoms with Gasteiger partial charge in [0.15, 0.2) is 0 Å². The van der Waals surface area contributed by atoms with Crippen LogP contribution >= 0.6 is 0 Å². The van der Waals surface area contributed by atoms with Crippen LogP contribution in [0.25, 0.3) is 0 Å². The molecule has 5 nitrogen and oxygen atoms in total. The summed E-state index contributed by atoms with van der Waals surface area (Å²) in [6.45, 7) is 5.97. The molecule has 6 heteroatoms. The van der Waals surface area contributed by atoms with Gasteiger partial charge in [-0.1, -0.05) is 30.3 Å². The molecular weight excluding hydrogens is 362 g/mol. The van der Waals surface area contributed by atoms with E-state index in [2.05, 4.69) is 6.58 Å². The van der Waals surface area contributed by atoms with Crippen LogP contribution in [0.5, 0.6) is 11.5 Å². The Balaban J connectivity index is 2.29. The third-order valence-electron chi connectivity index (χ3n) is 4.40. The van der Waals surface area contributed by atoms with Gasteiger partial charge < -0.3 is 9.47 Å². The van der Waals surface area contributed by atoms with Gasteiger partial charge in [-0.15, -0.1) is 6.58 Å². The molecule has 1 atom stereocenters. The van der Waals surface area contributed by atoms with Gasteiger partial charge in [0.25, 0.3) is 0 Å². The van der Waals surface area contributed by atoms with Gasteiger partial charge in [-0.05, 0) is 48.7 Å². The normalized spacial score (nSPS) is 12.6. The minimum absolute atomic E-state index is 0.292. The third kappa shape index (κ3) is 5.58. The Morgan fingerprint density at radius 3 is 1.67 bits per heavy atom. The first-order valence-electron chi connectivity index (χ1n) is 8.76. The van der Waals surface area contributed by atoms with E-state index < -0.39 is 15.3 Å². The number of allylic oxidation sites excluding steroid dienone is 1. The number of benzene rings is 2. The summed E-state index contributed by atoms with van der Waals surface area (Å²) in [4.78, 5) is 0. The van der Waals surface area contributed by atoms with Crippen LogP contribution < -0.4 is 9.47 Å². The van der Waals surface area contributed by atoms with Crippen molar-refractivity contribution in [1.82, 2.24) is 4.31 Å². The van der Waals surface area contributed by atoms with Gasteiger partial charge in [-0.2, -0.15) is 4.31 Å². The number of nitrogens with zero attached hydrogens (tertiary/aromatic N) is 1. The highest BCUT2D eigenvalue weighted by molar-refractivity contribution is 7.89. The summed E-state index contributed by atoms with van der Waals surface area (Å²) < 4.78 is 38.1. The molecule has 2 rings (SSSR count). The first kappa shape index (κ1) is 21.0. The number of hydrogen-bond donors (Lipinski definition) is 0. The van der Waals surface area contributed by atoms with E-state index in [0.717, 1.165) is 22.6 Å². The van der Waals surface area contributed by atoms with Crippen LogP contribution in [0.1, 0.15) is 24.5 Å². The van der Waals surface area contributed by atoms with E-state index in [-0.39, 0.29) is 0 Å². The Hall–Kier alpha value is -2.31. The highest BCUT2D eigenvalue weighted by Gasteiger charge is 2.28. The molecule has 0 aromatic heterocycles. The summed E-state index contributed by atoms with van der Waals surface area (Å²) in [7, 11) is -0.284. The maximum absolute atomic E-state index is 13.1. The summed E-state index contributed by atoms with van der Waals surface area (Å²) in [6, 6.07) is 14.9. The fraction of sp³-hybridized carbons (Fsp3) is 0.333. The van der Waals surface area contributed by atoms with Crippen molar-refractivity contribution in [3.8, 4) is 11.5 Å². The predicted molar refractivity (Wildman–Crippen MR) is 108 cm³/mol. The van der Waals surface area contributed by atoms with Crippen LogP contribution in [0.3, 0.4) is 0 Å². The van der Waals surface area contributed by atoms with Gasteiger partial charge in [0.2, 0.25) is 10.0 Å². The zero-order valence-corrected chi connectivity index (χ0v) is 16.9. The summed E-state index contributed by atoms with van der Waals surface area (Å²) >= 11 is 0. The van der Waals surface area contributed by atoms with Gasteiger partial charge >= 0.3 is 0 Å². The quantitative estimate of drug-likeness (QED) is 0.576. The zero-order valence-electron chi connectivity index (χ0n) is 16.1. The van der Waals surface area contributed by atoms with E-state index in [1.54, 1.807) is 27.2 Å². The summed E-state index contributed by atoms with van der Waals surface area (Å²) in [6.07, 6.45) is 2.05. The molecular formula is C21H27NO4S. The van der Waals surface area contributed by atoms with Crippen LogP contribution in [-0.4, -0.2) is 32.2 Å². The molecule has 2 aromatic rings. The Labute approximate surface area is 162 Å². The van der Waals surface area contributed by atoms with Crippen LogP contribution in [0.2, 0.25) is 0 Å². The molecule has 146 valence electrons. The SMILES string of the molecule is C=CC[C@@H](C)S(=O)(=O)N(Cc1ccc(OC)cc1)Cc1ccc(OC)cc1. The van der Waals surface area contributed by atoms with E-state index in [0.29, 0.717) is 19.5 Å². The van der Waals surface area contributed by atoms with Gasteiger partial charge in [0.1, 0.15) is 11.5 Å². The number of hydrogen-bond acceptors (Lipinski definition) is 4. The van der Waals surface area contributed by atoms with Crippen molar-refractivity contribution >= 4 is 10.0 Å². The first-order valence-corrected chi connectivity index (χ1v) is 10.3. The average Bonchev–Trinajstić information content (AvgIpc) is 2.68. The van der Waals surface area contributed by atoms with E-state index in [1.807, 2.05) is 48.5 Å². The molecule has 0 bridgehead atoms. The Kier molecular flexibility index (Phi) is 7.45. The van der Waals surface area contributed by atoms with Gasteiger partial charge in [0.05, 0.1) is 19.5 Å². The van der Waals surface area contributed by atoms with Crippen LogP contribution in [0.15, 0.2) is 61.2 Å². The van der Waals surface area contributed by atoms with E-state index in [9.17, 15) is 8.42 Å². The standard InChI is InChI=1S/C21H27NO4S/c1-5-6-17(2)27(23,24)22(15-18-7-11-20(25-3)12-8-18)16-19-9-13-21(26-4)14-10-19/h5,7-14,17H,1,6,15-16H2,2-4H3/t17-/m1/s1. The predicted octanol–water partition coefficient (Wildman–Crippen LogP) is 4.00. The lowest BCUT2D eigenvalue weighted by Crippen LogP contribution is -2.36. The van der Waals surface area contributed by atoms with Crippen molar-refractivity contribution in [3.05, 3.63) is 72.3 Å².